The molecule has 7 heteroatoms. The van der Waals surface area contributed by atoms with Crippen LogP contribution in [0.4, 0.5) is 8.78 Å². The maximum Gasteiger partial charge on any atom is 0.264 e. The SMILES string of the molecule is Cc1ccc(S(=O)(=O)C2CNCCN2)cc1C(F)F. The van der Waals surface area contributed by atoms with Gasteiger partial charge in [0.1, 0.15) is 5.37 Å². The van der Waals surface area contributed by atoms with Crippen LogP contribution in [0.1, 0.15) is 17.6 Å². The van der Waals surface area contributed by atoms with Gasteiger partial charge in [0, 0.05) is 25.2 Å². The van der Waals surface area contributed by atoms with Crippen LogP contribution < -0.4 is 10.6 Å². The van der Waals surface area contributed by atoms with Gasteiger partial charge in [0.15, 0.2) is 9.84 Å². The molecule has 0 amide bonds. The first-order chi connectivity index (χ1) is 8.93. The van der Waals surface area contributed by atoms with Gasteiger partial charge in [-0.15, -0.1) is 0 Å². The van der Waals surface area contributed by atoms with Crippen LogP contribution in [0.25, 0.3) is 0 Å². The maximum absolute atomic E-state index is 12.8. The first-order valence-corrected chi connectivity index (χ1v) is 7.54. The van der Waals surface area contributed by atoms with Gasteiger partial charge < -0.3 is 5.32 Å². The van der Waals surface area contributed by atoms with E-state index in [0.717, 1.165) is 6.07 Å². The number of alkyl halides is 2. The quantitative estimate of drug-likeness (QED) is 0.879. The van der Waals surface area contributed by atoms with Crippen LogP contribution in [0, 0.1) is 6.92 Å². The zero-order chi connectivity index (χ0) is 14.0. The number of benzene rings is 1. The van der Waals surface area contributed by atoms with Crippen molar-refractivity contribution < 1.29 is 17.2 Å². The minimum Gasteiger partial charge on any atom is -0.313 e. The average molecular weight is 290 g/mol. The van der Waals surface area contributed by atoms with Crippen LogP contribution in [0.5, 0.6) is 0 Å². The van der Waals surface area contributed by atoms with Gasteiger partial charge in [-0.3, -0.25) is 5.32 Å². The first kappa shape index (κ1) is 14.4. The van der Waals surface area contributed by atoms with Crippen LogP contribution in [-0.2, 0) is 9.84 Å². The van der Waals surface area contributed by atoms with E-state index in [2.05, 4.69) is 10.6 Å². The lowest BCUT2D eigenvalue weighted by Crippen LogP contribution is -2.52. The highest BCUT2D eigenvalue weighted by molar-refractivity contribution is 7.92. The molecule has 0 aromatic heterocycles. The Hall–Kier alpha value is -1.05. The molecular formula is C12H16F2N2O2S. The normalized spacial score (nSPS) is 20.7. The third-order valence-electron chi connectivity index (χ3n) is 3.19. The predicted molar refractivity (Wildman–Crippen MR) is 68.0 cm³/mol. The number of halogens is 2. The van der Waals surface area contributed by atoms with Crippen molar-refractivity contribution >= 4 is 9.84 Å². The molecule has 0 bridgehead atoms. The van der Waals surface area contributed by atoms with Crippen LogP contribution in [0.2, 0.25) is 0 Å². The van der Waals surface area contributed by atoms with Crippen LogP contribution in [0.15, 0.2) is 23.1 Å². The Morgan fingerprint density at radius 1 is 1.32 bits per heavy atom. The van der Waals surface area contributed by atoms with E-state index in [9.17, 15) is 17.2 Å². The summed E-state index contributed by atoms with van der Waals surface area (Å²) in [6.07, 6.45) is -2.67. The summed E-state index contributed by atoms with van der Waals surface area (Å²) < 4.78 is 50.3. The van der Waals surface area contributed by atoms with E-state index in [-0.39, 0.29) is 17.0 Å². The Labute approximate surface area is 111 Å². The maximum atomic E-state index is 12.8. The lowest BCUT2D eigenvalue weighted by Gasteiger charge is -2.24. The molecule has 0 aliphatic carbocycles. The number of rotatable bonds is 3. The van der Waals surface area contributed by atoms with Crippen LogP contribution in [0.3, 0.4) is 0 Å². The Kier molecular flexibility index (Phi) is 4.17. The molecule has 1 aromatic carbocycles. The molecule has 1 atom stereocenters. The highest BCUT2D eigenvalue weighted by Crippen LogP contribution is 2.26. The lowest BCUT2D eigenvalue weighted by molar-refractivity contribution is 0.150. The fourth-order valence-electron chi connectivity index (χ4n) is 2.04. The monoisotopic (exact) mass is 290 g/mol. The third kappa shape index (κ3) is 2.93. The Bertz CT molecular complexity index is 555. The molecule has 0 spiro atoms. The molecule has 0 saturated carbocycles. The second-order valence-corrected chi connectivity index (χ2v) is 6.64. The van der Waals surface area contributed by atoms with Gasteiger partial charge in [-0.05, 0) is 24.6 Å². The van der Waals surface area contributed by atoms with Crippen molar-refractivity contribution in [2.45, 2.75) is 23.6 Å². The minimum absolute atomic E-state index is 0.0606. The lowest BCUT2D eigenvalue weighted by atomic mass is 10.1. The fraction of sp³-hybridized carbons (Fsp3) is 0.500. The molecule has 19 heavy (non-hydrogen) atoms. The van der Waals surface area contributed by atoms with Gasteiger partial charge in [-0.2, -0.15) is 0 Å². The fourth-order valence-corrected chi connectivity index (χ4v) is 3.59. The molecule has 1 saturated heterocycles. The molecule has 1 aromatic rings. The van der Waals surface area contributed by atoms with Crippen molar-refractivity contribution in [3.8, 4) is 0 Å². The van der Waals surface area contributed by atoms with Gasteiger partial charge in [0.2, 0.25) is 0 Å². The number of sulfone groups is 1. The zero-order valence-electron chi connectivity index (χ0n) is 10.5. The Balaban J connectivity index is 2.37. The smallest absolute Gasteiger partial charge is 0.264 e. The van der Waals surface area contributed by atoms with E-state index in [1.54, 1.807) is 0 Å². The number of aryl methyl sites for hydroxylation is 1. The number of hydrogen-bond acceptors (Lipinski definition) is 4. The Morgan fingerprint density at radius 3 is 2.63 bits per heavy atom. The van der Waals surface area contributed by atoms with E-state index in [4.69, 9.17) is 0 Å². The second kappa shape index (κ2) is 5.52. The standard InChI is InChI=1S/C12H16F2N2O2S/c1-8-2-3-9(6-10(8)12(13)14)19(17,18)11-7-15-4-5-16-11/h2-3,6,11-12,15-16H,4-5,7H2,1H3. The molecule has 1 fully saturated rings. The van der Waals surface area contributed by atoms with Crippen molar-refractivity contribution in [2.75, 3.05) is 19.6 Å². The molecule has 106 valence electrons. The number of nitrogens with one attached hydrogen (secondary N) is 2. The van der Waals surface area contributed by atoms with Gasteiger partial charge in [-0.1, -0.05) is 6.07 Å². The Morgan fingerprint density at radius 2 is 2.05 bits per heavy atom. The summed E-state index contributed by atoms with van der Waals surface area (Å²) in [4.78, 5) is -0.0606. The number of piperazine rings is 1. The highest BCUT2D eigenvalue weighted by Gasteiger charge is 2.29. The molecular weight excluding hydrogens is 274 g/mol. The van der Waals surface area contributed by atoms with Crippen molar-refractivity contribution in [3.05, 3.63) is 29.3 Å². The van der Waals surface area contributed by atoms with Crippen LogP contribution >= 0.6 is 0 Å². The van der Waals surface area contributed by atoms with E-state index in [1.165, 1.54) is 19.1 Å². The van der Waals surface area contributed by atoms with Crippen molar-refractivity contribution in [1.82, 2.24) is 10.6 Å². The molecule has 1 aliphatic rings. The highest BCUT2D eigenvalue weighted by atomic mass is 32.2. The molecule has 2 rings (SSSR count). The van der Waals surface area contributed by atoms with Gasteiger partial charge in [-0.25, -0.2) is 17.2 Å². The molecule has 0 radical (unpaired) electrons. The summed E-state index contributed by atoms with van der Waals surface area (Å²) in [6.45, 7) is 3.05. The summed E-state index contributed by atoms with van der Waals surface area (Å²) >= 11 is 0. The summed E-state index contributed by atoms with van der Waals surface area (Å²) in [5.74, 6) is 0. The van der Waals surface area contributed by atoms with E-state index in [0.29, 0.717) is 18.7 Å². The topological polar surface area (TPSA) is 58.2 Å². The first-order valence-electron chi connectivity index (χ1n) is 5.99. The second-order valence-electron chi connectivity index (χ2n) is 4.51. The van der Waals surface area contributed by atoms with Gasteiger partial charge in [0.25, 0.3) is 6.43 Å². The van der Waals surface area contributed by atoms with Gasteiger partial charge in [0.05, 0.1) is 4.90 Å². The van der Waals surface area contributed by atoms with E-state index >= 15 is 0 Å². The summed E-state index contributed by atoms with van der Waals surface area (Å²) in [7, 11) is -3.64. The van der Waals surface area contributed by atoms with Crippen molar-refractivity contribution in [3.63, 3.8) is 0 Å². The molecule has 1 unspecified atom stereocenters. The minimum atomic E-state index is -3.64. The molecule has 1 heterocycles. The van der Waals surface area contributed by atoms with Crippen LogP contribution in [-0.4, -0.2) is 33.4 Å². The molecule has 2 N–H and O–H groups in total. The average Bonchev–Trinajstić information content (AvgIpc) is 2.39. The predicted octanol–water partition coefficient (Wildman–Crippen LogP) is 1.23. The van der Waals surface area contributed by atoms with Crippen molar-refractivity contribution in [1.29, 1.82) is 0 Å². The summed E-state index contributed by atoms with van der Waals surface area (Å²) in [5.41, 5.74) is 0.161. The van der Waals surface area contributed by atoms with E-state index < -0.39 is 21.6 Å². The molecule has 4 nitrogen and oxygen atoms in total. The summed E-state index contributed by atoms with van der Waals surface area (Å²) in [6, 6.07) is 3.88. The third-order valence-corrected chi connectivity index (χ3v) is 5.19. The largest absolute Gasteiger partial charge is 0.313 e. The van der Waals surface area contributed by atoms with E-state index in [1.807, 2.05) is 0 Å². The van der Waals surface area contributed by atoms with Crippen molar-refractivity contribution in [2.24, 2.45) is 0 Å². The molecule has 1 aliphatic heterocycles. The zero-order valence-corrected chi connectivity index (χ0v) is 11.3. The number of hydrogen-bond donors (Lipinski definition) is 2. The summed E-state index contributed by atoms with van der Waals surface area (Å²) in [5, 5.41) is 5.08. The van der Waals surface area contributed by atoms with Gasteiger partial charge >= 0.3 is 0 Å².